The van der Waals surface area contributed by atoms with Gasteiger partial charge in [0.05, 0.1) is 6.42 Å². The fourth-order valence-corrected chi connectivity index (χ4v) is 5.01. The minimum absolute atomic E-state index is 0.109. The van der Waals surface area contributed by atoms with Gasteiger partial charge in [-0.05, 0) is 74.7 Å². The molecule has 0 amide bonds. The zero-order chi connectivity index (χ0) is 26.6. The SMILES string of the molecule is CC1=C(C)C(O)(CC(=O)OC/C=C(\C)CCC[C@H](C)CCC[C@H](C)CCCC(C)C)C(C)C=C1O. The van der Waals surface area contributed by atoms with E-state index in [1.165, 1.54) is 50.5 Å². The van der Waals surface area contributed by atoms with Crippen LogP contribution in [0.4, 0.5) is 0 Å². The van der Waals surface area contributed by atoms with E-state index in [9.17, 15) is 15.0 Å². The molecular formula is C31H54O4. The molecule has 4 atom stereocenters. The highest BCUT2D eigenvalue weighted by Crippen LogP contribution is 2.38. The fraction of sp³-hybridized carbons (Fsp3) is 0.774. The summed E-state index contributed by atoms with van der Waals surface area (Å²) in [6.07, 6.45) is 15.0. The summed E-state index contributed by atoms with van der Waals surface area (Å²) in [4.78, 5) is 12.4. The van der Waals surface area contributed by atoms with Crippen molar-refractivity contribution >= 4 is 5.97 Å². The van der Waals surface area contributed by atoms with E-state index in [-0.39, 0.29) is 24.7 Å². The Morgan fingerprint density at radius 1 is 1.03 bits per heavy atom. The van der Waals surface area contributed by atoms with Gasteiger partial charge >= 0.3 is 5.97 Å². The number of carbonyl (C=O) groups is 1. The van der Waals surface area contributed by atoms with Gasteiger partial charge in [-0.3, -0.25) is 4.79 Å². The van der Waals surface area contributed by atoms with E-state index < -0.39 is 11.6 Å². The van der Waals surface area contributed by atoms with Crippen molar-refractivity contribution in [3.8, 4) is 0 Å². The van der Waals surface area contributed by atoms with Gasteiger partial charge in [0.25, 0.3) is 0 Å². The monoisotopic (exact) mass is 490 g/mol. The van der Waals surface area contributed by atoms with Crippen LogP contribution in [0.2, 0.25) is 0 Å². The molecular weight excluding hydrogens is 436 g/mol. The summed E-state index contributed by atoms with van der Waals surface area (Å²) < 4.78 is 5.40. The molecule has 0 aliphatic heterocycles. The highest BCUT2D eigenvalue weighted by Gasteiger charge is 2.41. The third kappa shape index (κ3) is 11.4. The molecule has 2 unspecified atom stereocenters. The van der Waals surface area contributed by atoms with Crippen molar-refractivity contribution in [1.82, 2.24) is 0 Å². The van der Waals surface area contributed by atoms with E-state index in [2.05, 4.69) is 34.6 Å². The van der Waals surface area contributed by atoms with Crippen molar-refractivity contribution < 1.29 is 19.7 Å². The summed E-state index contributed by atoms with van der Waals surface area (Å²) in [7, 11) is 0. The number of allylic oxidation sites excluding steroid dienone is 2. The lowest BCUT2D eigenvalue weighted by atomic mass is 9.74. The molecule has 1 rings (SSSR count). The molecule has 0 radical (unpaired) electrons. The van der Waals surface area contributed by atoms with Crippen LogP contribution < -0.4 is 0 Å². The van der Waals surface area contributed by atoms with E-state index in [1.54, 1.807) is 26.8 Å². The van der Waals surface area contributed by atoms with Crippen LogP contribution in [0.1, 0.15) is 120 Å². The first-order valence-electron chi connectivity index (χ1n) is 14.0. The molecule has 4 heteroatoms. The Balaban J connectivity index is 2.26. The maximum absolute atomic E-state index is 12.4. The van der Waals surface area contributed by atoms with Crippen molar-refractivity contribution in [3.63, 3.8) is 0 Å². The number of rotatable bonds is 16. The van der Waals surface area contributed by atoms with Gasteiger partial charge < -0.3 is 14.9 Å². The molecule has 0 aromatic heterocycles. The summed E-state index contributed by atoms with van der Waals surface area (Å²) in [5.41, 5.74) is 1.19. The molecule has 0 aromatic carbocycles. The number of hydrogen-bond acceptors (Lipinski definition) is 4. The second kappa shape index (κ2) is 15.5. The van der Waals surface area contributed by atoms with Crippen molar-refractivity contribution in [2.45, 2.75) is 125 Å². The summed E-state index contributed by atoms with van der Waals surface area (Å²) in [5.74, 6) is 1.83. The standard InChI is InChI=1S/C31H54O4/c1-22(2)12-9-13-23(3)14-10-15-24(4)16-11-17-25(5)18-19-35-30(33)21-31(34)26(6)20-29(32)27(7)28(31)8/h18,20,22-24,26,32,34H,9-17,19,21H2,1-8H3/b25-18+/t23-,24-,26?,31?/m1/s1. The molecule has 0 saturated heterocycles. The molecule has 2 N–H and O–H groups in total. The minimum Gasteiger partial charge on any atom is -0.508 e. The minimum atomic E-state index is -1.31. The van der Waals surface area contributed by atoms with E-state index in [0.717, 1.165) is 30.6 Å². The number of ether oxygens (including phenoxy) is 1. The molecule has 202 valence electrons. The lowest BCUT2D eigenvalue weighted by Gasteiger charge is -2.37. The average molecular weight is 491 g/mol. The van der Waals surface area contributed by atoms with Gasteiger partial charge in [-0.25, -0.2) is 0 Å². The second-order valence-corrected chi connectivity index (χ2v) is 11.8. The first kappa shape index (κ1) is 31.5. The normalized spacial score (nSPS) is 22.9. The van der Waals surface area contributed by atoms with E-state index in [1.807, 2.05) is 6.08 Å². The van der Waals surface area contributed by atoms with Crippen molar-refractivity contribution in [2.24, 2.45) is 23.7 Å². The summed E-state index contributed by atoms with van der Waals surface area (Å²) in [6.45, 7) is 17.1. The maximum Gasteiger partial charge on any atom is 0.309 e. The number of esters is 1. The Bertz CT molecular complexity index is 745. The van der Waals surface area contributed by atoms with Crippen LogP contribution in [0.25, 0.3) is 0 Å². The predicted octanol–water partition coefficient (Wildman–Crippen LogP) is 8.46. The van der Waals surface area contributed by atoms with Crippen LogP contribution >= 0.6 is 0 Å². The van der Waals surface area contributed by atoms with E-state index >= 15 is 0 Å². The number of carbonyl (C=O) groups excluding carboxylic acids is 1. The number of aliphatic hydroxyl groups excluding tert-OH is 1. The topological polar surface area (TPSA) is 66.8 Å². The second-order valence-electron chi connectivity index (χ2n) is 11.8. The molecule has 0 spiro atoms. The molecule has 0 fully saturated rings. The zero-order valence-corrected chi connectivity index (χ0v) is 24.0. The van der Waals surface area contributed by atoms with E-state index in [4.69, 9.17) is 4.74 Å². The fourth-order valence-electron chi connectivity index (χ4n) is 5.01. The molecule has 1 aliphatic rings. The Morgan fingerprint density at radius 2 is 1.57 bits per heavy atom. The molecule has 1 aliphatic carbocycles. The summed E-state index contributed by atoms with van der Waals surface area (Å²) >= 11 is 0. The van der Waals surface area contributed by atoms with Crippen LogP contribution in [0.3, 0.4) is 0 Å². The highest BCUT2D eigenvalue weighted by atomic mass is 16.5. The lowest BCUT2D eigenvalue weighted by Crippen LogP contribution is -2.42. The van der Waals surface area contributed by atoms with Gasteiger partial charge in [-0.15, -0.1) is 0 Å². The molecule has 0 saturated carbocycles. The smallest absolute Gasteiger partial charge is 0.309 e. The first-order chi connectivity index (χ1) is 16.4. The van der Waals surface area contributed by atoms with Crippen LogP contribution in [0, 0.1) is 23.7 Å². The molecule has 0 bridgehead atoms. The van der Waals surface area contributed by atoms with Crippen LogP contribution in [-0.2, 0) is 9.53 Å². The molecule has 35 heavy (non-hydrogen) atoms. The largest absolute Gasteiger partial charge is 0.508 e. The molecule has 0 aromatic rings. The Labute approximate surface area is 215 Å². The summed E-state index contributed by atoms with van der Waals surface area (Å²) in [5, 5.41) is 21.0. The molecule has 4 nitrogen and oxygen atoms in total. The van der Waals surface area contributed by atoms with E-state index in [0.29, 0.717) is 11.1 Å². The van der Waals surface area contributed by atoms with Crippen molar-refractivity contribution in [3.05, 3.63) is 34.6 Å². The average Bonchev–Trinajstić information content (AvgIpc) is 2.76. The third-order valence-electron chi connectivity index (χ3n) is 7.99. The van der Waals surface area contributed by atoms with Gasteiger partial charge in [-0.1, -0.05) is 85.1 Å². The quantitative estimate of drug-likeness (QED) is 0.168. The van der Waals surface area contributed by atoms with Crippen LogP contribution in [-0.4, -0.2) is 28.4 Å². The van der Waals surface area contributed by atoms with Gasteiger partial charge in [0, 0.05) is 5.92 Å². The Morgan fingerprint density at radius 3 is 2.14 bits per heavy atom. The lowest BCUT2D eigenvalue weighted by molar-refractivity contribution is -0.147. The van der Waals surface area contributed by atoms with Crippen LogP contribution in [0.5, 0.6) is 0 Å². The van der Waals surface area contributed by atoms with Crippen LogP contribution in [0.15, 0.2) is 34.6 Å². The third-order valence-corrected chi connectivity index (χ3v) is 7.99. The number of hydrogen-bond donors (Lipinski definition) is 2. The van der Waals surface area contributed by atoms with Crippen molar-refractivity contribution in [2.75, 3.05) is 6.61 Å². The van der Waals surface area contributed by atoms with Crippen molar-refractivity contribution in [1.29, 1.82) is 0 Å². The number of aliphatic hydroxyl groups is 2. The maximum atomic E-state index is 12.4. The molecule has 0 heterocycles. The Hall–Kier alpha value is -1.55. The van der Waals surface area contributed by atoms with Gasteiger partial charge in [0.2, 0.25) is 0 Å². The van der Waals surface area contributed by atoms with Gasteiger partial charge in [0.1, 0.15) is 18.0 Å². The Kier molecular flexibility index (Phi) is 14.0. The van der Waals surface area contributed by atoms with Gasteiger partial charge in [0.15, 0.2) is 0 Å². The first-order valence-corrected chi connectivity index (χ1v) is 14.0. The predicted molar refractivity (Wildman–Crippen MR) is 147 cm³/mol. The zero-order valence-electron chi connectivity index (χ0n) is 24.0. The summed E-state index contributed by atoms with van der Waals surface area (Å²) in [6, 6.07) is 0. The highest BCUT2D eigenvalue weighted by molar-refractivity contribution is 5.72. The van der Waals surface area contributed by atoms with Gasteiger partial charge in [-0.2, -0.15) is 0 Å².